The van der Waals surface area contributed by atoms with Crippen molar-refractivity contribution >= 4 is 16.8 Å². The van der Waals surface area contributed by atoms with Crippen LogP contribution >= 0.6 is 0 Å². The van der Waals surface area contributed by atoms with E-state index in [2.05, 4.69) is 10.3 Å². The van der Waals surface area contributed by atoms with Crippen molar-refractivity contribution in [3.8, 4) is 0 Å². The molecule has 1 amide bonds. The SMILES string of the molecule is Cc1nc2ccc(F)cc2c(=O)n1CC(=O)N[C@@H]1CCOC(C)(C)C1. The van der Waals surface area contributed by atoms with Gasteiger partial charge in [-0.15, -0.1) is 0 Å². The molecule has 0 saturated carbocycles. The van der Waals surface area contributed by atoms with Crippen molar-refractivity contribution in [1.82, 2.24) is 14.9 Å². The van der Waals surface area contributed by atoms with Crippen molar-refractivity contribution in [2.75, 3.05) is 6.61 Å². The molecule has 6 nitrogen and oxygen atoms in total. The lowest BCUT2D eigenvalue weighted by Gasteiger charge is -2.35. The van der Waals surface area contributed by atoms with Crippen LogP contribution in [-0.4, -0.2) is 33.7 Å². The van der Waals surface area contributed by atoms with Crippen molar-refractivity contribution in [2.24, 2.45) is 0 Å². The summed E-state index contributed by atoms with van der Waals surface area (Å²) in [6, 6.07) is 3.89. The summed E-state index contributed by atoms with van der Waals surface area (Å²) in [5.74, 6) is -0.340. The molecule has 1 N–H and O–H groups in total. The van der Waals surface area contributed by atoms with Gasteiger partial charge in [-0.05, 0) is 51.8 Å². The zero-order valence-electron chi connectivity index (χ0n) is 14.6. The summed E-state index contributed by atoms with van der Waals surface area (Å²) in [6.45, 7) is 6.09. The van der Waals surface area contributed by atoms with E-state index in [4.69, 9.17) is 4.74 Å². The summed E-state index contributed by atoms with van der Waals surface area (Å²) in [5, 5.41) is 3.13. The lowest BCUT2D eigenvalue weighted by atomic mass is 9.94. The van der Waals surface area contributed by atoms with E-state index in [0.717, 1.165) is 12.5 Å². The van der Waals surface area contributed by atoms with Crippen LogP contribution in [0.3, 0.4) is 0 Å². The van der Waals surface area contributed by atoms with E-state index in [0.29, 0.717) is 24.4 Å². The Morgan fingerprint density at radius 3 is 2.96 bits per heavy atom. The molecule has 2 heterocycles. The Kier molecular flexibility index (Phi) is 4.60. The average molecular weight is 347 g/mol. The third-order valence-corrected chi connectivity index (χ3v) is 4.47. The number of ether oxygens (including phenoxy) is 1. The summed E-state index contributed by atoms with van der Waals surface area (Å²) in [5.41, 5.74) is -0.262. The Morgan fingerprint density at radius 2 is 2.24 bits per heavy atom. The minimum Gasteiger partial charge on any atom is -0.375 e. The van der Waals surface area contributed by atoms with Crippen molar-refractivity contribution < 1.29 is 13.9 Å². The Morgan fingerprint density at radius 1 is 1.48 bits per heavy atom. The minimum atomic E-state index is -0.504. The number of hydrogen-bond acceptors (Lipinski definition) is 4. The number of carbonyl (C=O) groups is 1. The average Bonchev–Trinajstić information content (AvgIpc) is 2.51. The topological polar surface area (TPSA) is 73.2 Å². The summed E-state index contributed by atoms with van der Waals surface area (Å²) in [4.78, 5) is 29.3. The Hall–Kier alpha value is -2.28. The molecular formula is C18H22FN3O3. The van der Waals surface area contributed by atoms with E-state index in [1.807, 2.05) is 13.8 Å². The molecule has 1 aliphatic heterocycles. The second-order valence-corrected chi connectivity index (χ2v) is 7.08. The second-order valence-electron chi connectivity index (χ2n) is 7.08. The lowest BCUT2D eigenvalue weighted by molar-refractivity contribution is -0.124. The maximum atomic E-state index is 13.4. The van der Waals surface area contributed by atoms with Crippen LogP contribution in [0.4, 0.5) is 4.39 Å². The van der Waals surface area contributed by atoms with Gasteiger partial charge in [-0.1, -0.05) is 0 Å². The van der Waals surface area contributed by atoms with E-state index in [1.54, 1.807) is 6.92 Å². The number of nitrogens with zero attached hydrogens (tertiary/aromatic N) is 2. The van der Waals surface area contributed by atoms with E-state index < -0.39 is 11.4 Å². The number of carbonyl (C=O) groups excluding carboxylic acids is 1. The molecule has 0 spiro atoms. The van der Waals surface area contributed by atoms with Crippen LogP contribution in [0.5, 0.6) is 0 Å². The number of aromatic nitrogens is 2. The van der Waals surface area contributed by atoms with E-state index >= 15 is 0 Å². The molecule has 2 aromatic rings. The first-order valence-electron chi connectivity index (χ1n) is 8.35. The highest BCUT2D eigenvalue weighted by molar-refractivity contribution is 5.79. The Labute approximate surface area is 145 Å². The van der Waals surface area contributed by atoms with Crippen LogP contribution in [0.1, 0.15) is 32.5 Å². The number of rotatable bonds is 3. The normalized spacial score (nSPS) is 19.8. The second kappa shape index (κ2) is 6.55. The third kappa shape index (κ3) is 3.87. The molecule has 1 aliphatic rings. The monoisotopic (exact) mass is 347 g/mol. The minimum absolute atomic E-state index is 0.0121. The number of amides is 1. The number of nitrogens with one attached hydrogen (secondary N) is 1. The van der Waals surface area contributed by atoms with Crippen LogP contribution in [0, 0.1) is 12.7 Å². The molecule has 1 atom stereocenters. The standard InChI is InChI=1S/C18H22FN3O3/c1-11-20-15-5-4-12(19)8-14(15)17(24)22(11)10-16(23)21-13-6-7-25-18(2,3)9-13/h4-5,8,13H,6-7,9-10H2,1-3H3,(H,21,23)/t13-/m1/s1. The fraction of sp³-hybridized carbons (Fsp3) is 0.500. The highest BCUT2D eigenvalue weighted by atomic mass is 19.1. The maximum absolute atomic E-state index is 13.4. The number of halogens is 1. The fourth-order valence-electron chi connectivity index (χ4n) is 3.26. The van der Waals surface area contributed by atoms with Crippen molar-refractivity contribution in [3.63, 3.8) is 0 Å². The largest absolute Gasteiger partial charge is 0.375 e. The van der Waals surface area contributed by atoms with Gasteiger partial charge in [0.2, 0.25) is 5.91 Å². The summed E-state index contributed by atoms with van der Waals surface area (Å²) in [7, 11) is 0. The van der Waals surface area contributed by atoms with Gasteiger partial charge in [0.25, 0.3) is 5.56 Å². The fourth-order valence-corrected chi connectivity index (χ4v) is 3.26. The number of hydrogen-bond donors (Lipinski definition) is 1. The van der Waals surface area contributed by atoms with Crippen molar-refractivity contribution in [1.29, 1.82) is 0 Å². The molecule has 0 aliphatic carbocycles. The van der Waals surface area contributed by atoms with E-state index in [9.17, 15) is 14.0 Å². The van der Waals surface area contributed by atoms with Crippen molar-refractivity contribution in [2.45, 2.75) is 51.8 Å². The van der Waals surface area contributed by atoms with Crippen molar-refractivity contribution in [3.05, 3.63) is 40.2 Å². The Bertz CT molecular complexity index is 876. The van der Waals surface area contributed by atoms with Gasteiger partial charge in [0.05, 0.1) is 16.5 Å². The molecule has 0 unspecified atom stereocenters. The van der Waals surface area contributed by atoms with Crippen LogP contribution in [0.15, 0.2) is 23.0 Å². The molecule has 7 heteroatoms. The maximum Gasteiger partial charge on any atom is 0.261 e. The van der Waals surface area contributed by atoms with Gasteiger partial charge in [-0.3, -0.25) is 14.2 Å². The van der Waals surface area contributed by atoms with Gasteiger partial charge < -0.3 is 10.1 Å². The first-order valence-corrected chi connectivity index (χ1v) is 8.35. The van der Waals surface area contributed by atoms with E-state index in [-0.39, 0.29) is 29.5 Å². The van der Waals surface area contributed by atoms with Gasteiger partial charge >= 0.3 is 0 Å². The Balaban J connectivity index is 1.80. The molecule has 134 valence electrons. The molecular weight excluding hydrogens is 325 g/mol. The highest BCUT2D eigenvalue weighted by Crippen LogP contribution is 2.23. The van der Waals surface area contributed by atoms with Gasteiger partial charge in [-0.2, -0.15) is 0 Å². The van der Waals surface area contributed by atoms with Crippen LogP contribution < -0.4 is 10.9 Å². The van der Waals surface area contributed by atoms with Crippen LogP contribution in [-0.2, 0) is 16.1 Å². The van der Waals surface area contributed by atoms with E-state index in [1.165, 1.54) is 16.7 Å². The van der Waals surface area contributed by atoms with Gasteiger partial charge in [-0.25, -0.2) is 9.37 Å². The molecule has 0 radical (unpaired) electrons. The summed E-state index contributed by atoms with van der Waals surface area (Å²) in [6.07, 6.45) is 1.46. The smallest absolute Gasteiger partial charge is 0.261 e. The lowest BCUT2D eigenvalue weighted by Crippen LogP contribution is -2.47. The predicted octanol–water partition coefficient (Wildman–Crippen LogP) is 1.92. The quantitative estimate of drug-likeness (QED) is 0.921. The molecule has 1 fully saturated rings. The number of benzene rings is 1. The van der Waals surface area contributed by atoms with Gasteiger partial charge in [0, 0.05) is 12.6 Å². The molecule has 25 heavy (non-hydrogen) atoms. The van der Waals surface area contributed by atoms with Gasteiger partial charge in [0.15, 0.2) is 0 Å². The summed E-state index contributed by atoms with van der Waals surface area (Å²) >= 11 is 0. The highest BCUT2D eigenvalue weighted by Gasteiger charge is 2.29. The van der Waals surface area contributed by atoms with Crippen LogP contribution in [0.2, 0.25) is 0 Å². The summed E-state index contributed by atoms with van der Waals surface area (Å²) < 4.78 is 20.3. The zero-order chi connectivity index (χ0) is 18.2. The third-order valence-electron chi connectivity index (χ3n) is 4.47. The first kappa shape index (κ1) is 17.5. The first-order chi connectivity index (χ1) is 11.7. The zero-order valence-corrected chi connectivity index (χ0v) is 14.6. The number of aryl methyl sites for hydroxylation is 1. The molecule has 3 rings (SSSR count). The molecule has 1 aromatic carbocycles. The van der Waals surface area contributed by atoms with Crippen LogP contribution in [0.25, 0.3) is 10.9 Å². The molecule has 1 saturated heterocycles. The van der Waals surface area contributed by atoms with Gasteiger partial charge in [0.1, 0.15) is 18.2 Å². The predicted molar refractivity (Wildman–Crippen MR) is 91.9 cm³/mol. The number of fused-ring (bicyclic) bond motifs is 1. The molecule has 0 bridgehead atoms. The molecule has 1 aromatic heterocycles.